The lowest BCUT2D eigenvalue weighted by Gasteiger charge is -2.06. The zero-order valence-electron chi connectivity index (χ0n) is 17.6. The van der Waals surface area contributed by atoms with Crippen LogP contribution in [0.3, 0.4) is 0 Å². The quantitative estimate of drug-likeness (QED) is 0.313. The Bertz CT molecular complexity index is 1360. The Morgan fingerprint density at radius 3 is 1.72 bits per heavy atom. The smallest absolute Gasteiger partial charge is 0.202 e. The van der Waals surface area contributed by atoms with Gasteiger partial charge in [0.05, 0.1) is 3.57 Å². The van der Waals surface area contributed by atoms with Crippen molar-refractivity contribution in [1.82, 2.24) is 9.97 Å². The third kappa shape index (κ3) is 4.29. The molecule has 2 N–H and O–H groups in total. The zero-order valence-corrected chi connectivity index (χ0v) is 19.7. The number of hydrogen-bond donors (Lipinski definition) is 2. The van der Waals surface area contributed by atoms with Crippen LogP contribution in [0.2, 0.25) is 0 Å². The number of aromatic nitrogens is 2. The normalized spacial score (nSPS) is 10.9. The van der Waals surface area contributed by atoms with Gasteiger partial charge in [-0.15, -0.1) is 0 Å². The first kappa shape index (κ1) is 21.3. The maximum atomic E-state index is 12.0. The molecule has 0 saturated heterocycles. The third-order valence-corrected chi connectivity index (χ3v) is 6.61. The van der Waals surface area contributed by atoms with Crippen molar-refractivity contribution < 1.29 is 0 Å². The van der Waals surface area contributed by atoms with E-state index in [1.54, 1.807) is 6.07 Å². The van der Waals surface area contributed by atoms with Crippen LogP contribution >= 0.6 is 22.6 Å². The zero-order chi connectivity index (χ0) is 21.5. The lowest BCUT2D eigenvalue weighted by molar-refractivity contribution is 1.20. The van der Waals surface area contributed by atoms with Gasteiger partial charge in [-0.05, 0) is 111 Å². The van der Waals surface area contributed by atoms with E-state index in [4.69, 9.17) is 0 Å². The number of aryl methyl sites for hydroxylation is 6. The first-order valence-corrected chi connectivity index (χ1v) is 10.6. The molecule has 0 unspecified atom stereocenters. The van der Waals surface area contributed by atoms with E-state index in [9.17, 15) is 9.59 Å². The summed E-state index contributed by atoms with van der Waals surface area (Å²) in [4.78, 5) is 30.1. The highest BCUT2D eigenvalue weighted by Gasteiger charge is 2.07. The molecule has 2 aromatic heterocycles. The standard InChI is InChI=1S/C12H12INO.C12H13NO/c1-6-4-9-10(5-7(6)2)14-8(3)11(13)12(9)15;1-7-4-10-11(5-8(7)2)13-9(3)6-12(10)14/h4-5H,1-3H3,(H,14,15);4-6H,1-3H3,(H,13,14). The lowest BCUT2D eigenvalue weighted by Crippen LogP contribution is -2.10. The van der Waals surface area contributed by atoms with Crippen molar-refractivity contribution in [1.29, 1.82) is 0 Å². The fourth-order valence-electron chi connectivity index (χ4n) is 3.30. The number of H-pyrrole nitrogens is 2. The highest BCUT2D eigenvalue weighted by Crippen LogP contribution is 2.17. The Morgan fingerprint density at radius 1 is 0.655 bits per heavy atom. The van der Waals surface area contributed by atoms with Gasteiger partial charge in [0.2, 0.25) is 5.43 Å². The molecule has 4 nitrogen and oxygen atoms in total. The molecule has 4 rings (SSSR count). The summed E-state index contributed by atoms with van der Waals surface area (Å²) in [5.41, 5.74) is 8.67. The highest BCUT2D eigenvalue weighted by atomic mass is 127. The minimum atomic E-state index is 0.0966. The van der Waals surface area contributed by atoms with Crippen molar-refractivity contribution in [2.75, 3.05) is 0 Å². The van der Waals surface area contributed by atoms with Gasteiger partial charge in [-0.1, -0.05) is 0 Å². The van der Waals surface area contributed by atoms with Crippen molar-refractivity contribution in [2.24, 2.45) is 0 Å². The Balaban J connectivity index is 0.000000166. The Labute approximate surface area is 183 Å². The van der Waals surface area contributed by atoms with Crippen LogP contribution < -0.4 is 10.9 Å². The van der Waals surface area contributed by atoms with Crippen LogP contribution in [0, 0.1) is 45.1 Å². The molecule has 0 aliphatic rings. The molecule has 0 aliphatic carbocycles. The molecule has 2 heterocycles. The fourth-order valence-corrected chi connectivity index (χ4v) is 3.72. The predicted molar refractivity (Wildman–Crippen MR) is 130 cm³/mol. The van der Waals surface area contributed by atoms with E-state index in [1.165, 1.54) is 11.1 Å². The van der Waals surface area contributed by atoms with Crippen molar-refractivity contribution in [3.8, 4) is 0 Å². The lowest BCUT2D eigenvalue weighted by atomic mass is 10.1. The van der Waals surface area contributed by atoms with Crippen LogP contribution in [0.25, 0.3) is 21.8 Å². The van der Waals surface area contributed by atoms with Gasteiger partial charge in [-0.25, -0.2) is 0 Å². The molecular formula is C24H25IN2O2. The minimum Gasteiger partial charge on any atom is -0.358 e. The summed E-state index contributed by atoms with van der Waals surface area (Å²) in [6, 6.07) is 9.61. The molecule has 0 bridgehead atoms. The van der Waals surface area contributed by atoms with Gasteiger partial charge in [-0.2, -0.15) is 0 Å². The van der Waals surface area contributed by atoms with Gasteiger partial charge in [0, 0.05) is 39.3 Å². The molecule has 4 aromatic rings. The second kappa shape index (κ2) is 8.14. The number of hydrogen-bond acceptors (Lipinski definition) is 2. The summed E-state index contributed by atoms with van der Waals surface area (Å²) < 4.78 is 0.781. The van der Waals surface area contributed by atoms with E-state index >= 15 is 0 Å². The van der Waals surface area contributed by atoms with Crippen molar-refractivity contribution in [3.63, 3.8) is 0 Å². The Morgan fingerprint density at radius 2 is 1.14 bits per heavy atom. The van der Waals surface area contributed by atoms with Crippen molar-refractivity contribution in [2.45, 2.75) is 41.5 Å². The Hall–Kier alpha value is -2.41. The largest absolute Gasteiger partial charge is 0.358 e. The van der Waals surface area contributed by atoms with Gasteiger partial charge < -0.3 is 9.97 Å². The number of nitrogens with one attached hydrogen (secondary N) is 2. The molecule has 0 saturated carbocycles. The van der Waals surface area contributed by atoms with E-state index in [1.807, 2.05) is 52.0 Å². The third-order valence-electron chi connectivity index (χ3n) is 5.31. The molecule has 0 aliphatic heterocycles. The van der Waals surface area contributed by atoms with Crippen LogP contribution in [-0.2, 0) is 0 Å². The number of fused-ring (bicyclic) bond motifs is 2. The highest BCUT2D eigenvalue weighted by molar-refractivity contribution is 14.1. The molecule has 0 amide bonds. The van der Waals surface area contributed by atoms with Gasteiger partial charge in [0.25, 0.3) is 0 Å². The number of aromatic amines is 2. The van der Waals surface area contributed by atoms with Crippen LogP contribution in [-0.4, -0.2) is 9.97 Å². The monoisotopic (exact) mass is 500 g/mol. The molecule has 0 atom stereocenters. The van der Waals surface area contributed by atoms with E-state index in [0.717, 1.165) is 47.9 Å². The molecule has 0 fully saturated rings. The van der Waals surface area contributed by atoms with Crippen LogP contribution in [0.1, 0.15) is 33.6 Å². The maximum absolute atomic E-state index is 12.0. The molecule has 2 aromatic carbocycles. The molecule has 0 radical (unpaired) electrons. The van der Waals surface area contributed by atoms with Crippen LogP contribution in [0.15, 0.2) is 39.9 Å². The van der Waals surface area contributed by atoms with Crippen LogP contribution in [0.5, 0.6) is 0 Å². The van der Waals surface area contributed by atoms with E-state index in [2.05, 4.69) is 46.4 Å². The molecule has 5 heteroatoms. The molecule has 29 heavy (non-hydrogen) atoms. The predicted octanol–water partition coefficient (Wildman–Crippen LogP) is 5.51. The number of rotatable bonds is 0. The van der Waals surface area contributed by atoms with Crippen molar-refractivity contribution >= 4 is 44.4 Å². The second-order valence-electron chi connectivity index (χ2n) is 7.67. The average molecular weight is 500 g/mol. The number of benzene rings is 2. The molecule has 0 spiro atoms. The average Bonchev–Trinajstić information content (AvgIpc) is 2.64. The summed E-state index contributed by atoms with van der Waals surface area (Å²) in [6.07, 6.45) is 0. The maximum Gasteiger partial charge on any atom is 0.202 e. The summed E-state index contributed by atoms with van der Waals surface area (Å²) in [7, 11) is 0. The van der Waals surface area contributed by atoms with E-state index in [-0.39, 0.29) is 10.9 Å². The SMILES string of the molecule is Cc1cc(=O)c2cc(C)c(C)cc2[nH]1.Cc1cc2[nH]c(C)c(I)c(=O)c2cc1C. The van der Waals surface area contributed by atoms with Crippen LogP contribution in [0.4, 0.5) is 0 Å². The summed E-state index contributed by atoms with van der Waals surface area (Å²) in [5.74, 6) is 0. The molecule has 150 valence electrons. The van der Waals surface area contributed by atoms with Gasteiger partial charge in [0.15, 0.2) is 5.43 Å². The van der Waals surface area contributed by atoms with E-state index in [0.29, 0.717) is 0 Å². The van der Waals surface area contributed by atoms with E-state index < -0.39 is 0 Å². The van der Waals surface area contributed by atoms with Gasteiger partial charge >= 0.3 is 0 Å². The van der Waals surface area contributed by atoms with Gasteiger partial charge in [-0.3, -0.25) is 9.59 Å². The van der Waals surface area contributed by atoms with Crippen molar-refractivity contribution in [3.05, 3.63) is 88.0 Å². The molecular weight excluding hydrogens is 475 g/mol. The summed E-state index contributed by atoms with van der Waals surface area (Å²) in [5, 5.41) is 1.56. The second-order valence-corrected chi connectivity index (χ2v) is 8.75. The minimum absolute atomic E-state index is 0.0966. The fraction of sp³-hybridized carbons (Fsp3) is 0.250. The summed E-state index contributed by atoms with van der Waals surface area (Å²) in [6.45, 7) is 12.0. The first-order chi connectivity index (χ1) is 13.6. The topological polar surface area (TPSA) is 65.7 Å². The number of pyridine rings is 2. The van der Waals surface area contributed by atoms with Gasteiger partial charge in [0.1, 0.15) is 0 Å². The first-order valence-electron chi connectivity index (χ1n) is 9.48. The number of halogens is 1. The Kier molecular flexibility index (Phi) is 5.98. The summed E-state index contributed by atoms with van der Waals surface area (Å²) >= 11 is 2.09.